The SMILES string of the molecule is CCOC(=O)CNc1ccc(C2CCC(NC(C)c3ccc(F)c4ccccc34)C2)cc1. The quantitative estimate of drug-likeness (QED) is 0.431. The molecule has 0 spiro atoms. The van der Waals surface area contributed by atoms with Gasteiger partial charge in [-0.25, -0.2) is 4.39 Å². The minimum atomic E-state index is -0.246. The third-order valence-corrected chi connectivity index (χ3v) is 6.41. The van der Waals surface area contributed by atoms with Crippen molar-refractivity contribution < 1.29 is 13.9 Å². The molecule has 3 unspecified atom stereocenters. The molecular weight excluding hydrogens is 403 g/mol. The molecule has 0 bridgehead atoms. The molecule has 3 aromatic rings. The lowest BCUT2D eigenvalue weighted by Gasteiger charge is -2.22. The Hall–Kier alpha value is -2.92. The molecule has 1 aliphatic rings. The minimum Gasteiger partial charge on any atom is -0.465 e. The summed E-state index contributed by atoms with van der Waals surface area (Å²) in [5.74, 6) is 0.103. The molecule has 1 saturated carbocycles. The first-order chi connectivity index (χ1) is 15.5. The van der Waals surface area contributed by atoms with Crippen molar-refractivity contribution in [3.05, 3.63) is 77.6 Å². The Morgan fingerprint density at radius 3 is 2.56 bits per heavy atom. The number of esters is 1. The standard InChI is InChI=1S/C27H31FN2O2/c1-3-32-27(31)17-29-21-11-8-19(9-12-21)20-10-13-22(16-20)30-18(2)23-14-15-26(28)25-7-5-4-6-24(23)25/h4-9,11-12,14-15,18,20,22,29-30H,3,10,13,16-17H2,1-2H3. The number of hydrogen-bond donors (Lipinski definition) is 2. The molecule has 0 heterocycles. The molecule has 0 aliphatic heterocycles. The lowest BCUT2D eigenvalue weighted by Crippen LogP contribution is -2.29. The predicted molar refractivity (Wildman–Crippen MR) is 127 cm³/mol. The second-order valence-corrected chi connectivity index (χ2v) is 8.56. The Balaban J connectivity index is 1.35. The van der Waals surface area contributed by atoms with Crippen LogP contribution in [-0.4, -0.2) is 25.2 Å². The first kappa shape index (κ1) is 22.3. The fraction of sp³-hybridized carbons (Fsp3) is 0.370. The van der Waals surface area contributed by atoms with Crippen LogP contribution in [0.4, 0.5) is 10.1 Å². The monoisotopic (exact) mass is 434 g/mol. The second-order valence-electron chi connectivity index (χ2n) is 8.56. The van der Waals surface area contributed by atoms with Crippen LogP contribution in [0.25, 0.3) is 10.8 Å². The normalized spacial score (nSPS) is 19.1. The smallest absolute Gasteiger partial charge is 0.325 e. The van der Waals surface area contributed by atoms with Crippen molar-refractivity contribution in [3.8, 4) is 0 Å². The Kier molecular flexibility index (Phi) is 7.05. The zero-order valence-electron chi connectivity index (χ0n) is 18.7. The minimum absolute atomic E-state index is 0.152. The number of rotatable bonds is 8. The number of carbonyl (C=O) groups excluding carboxylic acids is 1. The van der Waals surface area contributed by atoms with E-state index < -0.39 is 0 Å². The van der Waals surface area contributed by atoms with Crippen molar-refractivity contribution in [2.24, 2.45) is 0 Å². The van der Waals surface area contributed by atoms with E-state index in [1.807, 2.05) is 42.5 Å². The molecule has 1 fully saturated rings. The number of ether oxygens (including phenoxy) is 1. The molecule has 0 amide bonds. The number of benzene rings is 3. The summed E-state index contributed by atoms with van der Waals surface area (Å²) in [4.78, 5) is 11.5. The Morgan fingerprint density at radius 1 is 1.06 bits per heavy atom. The predicted octanol–water partition coefficient (Wildman–Crippen LogP) is 5.94. The number of anilines is 1. The van der Waals surface area contributed by atoms with Crippen molar-refractivity contribution in [1.29, 1.82) is 0 Å². The first-order valence-electron chi connectivity index (χ1n) is 11.5. The van der Waals surface area contributed by atoms with Crippen LogP contribution in [0.2, 0.25) is 0 Å². The highest BCUT2D eigenvalue weighted by Crippen LogP contribution is 2.36. The number of carbonyl (C=O) groups is 1. The van der Waals surface area contributed by atoms with Gasteiger partial charge in [-0.2, -0.15) is 0 Å². The second kappa shape index (κ2) is 10.1. The summed E-state index contributed by atoms with van der Waals surface area (Å²) < 4.78 is 19.1. The van der Waals surface area contributed by atoms with E-state index in [4.69, 9.17) is 4.74 Å². The van der Waals surface area contributed by atoms with Crippen LogP contribution in [-0.2, 0) is 9.53 Å². The van der Waals surface area contributed by atoms with E-state index in [0.29, 0.717) is 24.0 Å². The van der Waals surface area contributed by atoms with Gasteiger partial charge >= 0.3 is 5.97 Å². The van der Waals surface area contributed by atoms with E-state index in [1.54, 1.807) is 13.0 Å². The van der Waals surface area contributed by atoms with E-state index >= 15 is 0 Å². The molecule has 3 atom stereocenters. The molecule has 4 nitrogen and oxygen atoms in total. The summed E-state index contributed by atoms with van der Waals surface area (Å²) in [6.07, 6.45) is 3.35. The zero-order chi connectivity index (χ0) is 22.5. The number of hydrogen-bond acceptors (Lipinski definition) is 4. The van der Waals surface area contributed by atoms with Crippen LogP contribution in [0.5, 0.6) is 0 Å². The van der Waals surface area contributed by atoms with Crippen molar-refractivity contribution in [1.82, 2.24) is 5.32 Å². The van der Waals surface area contributed by atoms with Crippen LogP contribution >= 0.6 is 0 Å². The summed E-state index contributed by atoms with van der Waals surface area (Å²) in [5.41, 5.74) is 3.39. The highest BCUT2D eigenvalue weighted by atomic mass is 19.1. The molecule has 2 N–H and O–H groups in total. The lowest BCUT2D eigenvalue weighted by atomic mass is 9.96. The largest absolute Gasteiger partial charge is 0.465 e. The van der Waals surface area contributed by atoms with Crippen LogP contribution in [0.15, 0.2) is 60.7 Å². The Morgan fingerprint density at radius 2 is 1.81 bits per heavy atom. The van der Waals surface area contributed by atoms with Gasteiger partial charge in [-0.15, -0.1) is 0 Å². The van der Waals surface area contributed by atoms with E-state index in [1.165, 1.54) is 5.56 Å². The molecule has 1 aliphatic carbocycles. The lowest BCUT2D eigenvalue weighted by molar-refractivity contribution is -0.140. The summed E-state index contributed by atoms with van der Waals surface area (Å²) in [5, 5.41) is 8.54. The molecule has 32 heavy (non-hydrogen) atoms. The van der Waals surface area contributed by atoms with E-state index in [9.17, 15) is 9.18 Å². The maximum absolute atomic E-state index is 14.2. The fourth-order valence-electron chi connectivity index (χ4n) is 4.80. The highest BCUT2D eigenvalue weighted by Gasteiger charge is 2.27. The number of nitrogens with one attached hydrogen (secondary N) is 2. The molecular formula is C27H31FN2O2. The summed E-state index contributed by atoms with van der Waals surface area (Å²) in [6.45, 7) is 4.54. The van der Waals surface area contributed by atoms with Gasteiger partial charge in [-0.3, -0.25) is 4.79 Å². The van der Waals surface area contributed by atoms with Crippen LogP contribution < -0.4 is 10.6 Å². The third kappa shape index (κ3) is 5.10. The van der Waals surface area contributed by atoms with E-state index in [-0.39, 0.29) is 24.4 Å². The average molecular weight is 435 g/mol. The molecule has 0 aromatic heterocycles. The Labute approximate surface area is 189 Å². The van der Waals surface area contributed by atoms with E-state index in [0.717, 1.165) is 35.9 Å². The van der Waals surface area contributed by atoms with Gasteiger partial charge in [0.05, 0.1) is 6.61 Å². The summed E-state index contributed by atoms with van der Waals surface area (Å²) >= 11 is 0. The van der Waals surface area contributed by atoms with Crippen molar-refractivity contribution in [2.75, 3.05) is 18.5 Å². The average Bonchev–Trinajstić information content (AvgIpc) is 3.27. The van der Waals surface area contributed by atoms with Gasteiger partial charge in [0, 0.05) is 23.2 Å². The maximum Gasteiger partial charge on any atom is 0.325 e. The maximum atomic E-state index is 14.2. The van der Waals surface area contributed by atoms with Crippen LogP contribution in [0.1, 0.15) is 56.2 Å². The number of fused-ring (bicyclic) bond motifs is 1. The molecule has 4 rings (SSSR count). The van der Waals surface area contributed by atoms with Gasteiger partial charge in [0.25, 0.3) is 0 Å². The zero-order valence-corrected chi connectivity index (χ0v) is 18.7. The molecule has 168 valence electrons. The summed E-state index contributed by atoms with van der Waals surface area (Å²) in [6, 6.07) is 20.1. The van der Waals surface area contributed by atoms with Gasteiger partial charge in [-0.1, -0.05) is 42.5 Å². The van der Waals surface area contributed by atoms with Gasteiger partial charge in [0.15, 0.2) is 0 Å². The van der Waals surface area contributed by atoms with E-state index in [2.05, 4.69) is 29.7 Å². The fourth-order valence-corrected chi connectivity index (χ4v) is 4.80. The van der Waals surface area contributed by atoms with Crippen LogP contribution in [0.3, 0.4) is 0 Å². The highest BCUT2D eigenvalue weighted by molar-refractivity contribution is 5.86. The van der Waals surface area contributed by atoms with Gasteiger partial charge in [0.1, 0.15) is 12.4 Å². The van der Waals surface area contributed by atoms with Gasteiger partial charge < -0.3 is 15.4 Å². The number of halogens is 1. The molecule has 0 radical (unpaired) electrons. The van der Waals surface area contributed by atoms with Crippen molar-refractivity contribution in [3.63, 3.8) is 0 Å². The third-order valence-electron chi connectivity index (χ3n) is 6.41. The van der Waals surface area contributed by atoms with Crippen molar-refractivity contribution in [2.45, 2.75) is 51.1 Å². The summed E-state index contributed by atoms with van der Waals surface area (Å²) in [7, 11) is 0. The van der Waals surface area contributed by atoms with Crippen molar-refractivity contribution >= 4 is 22.4 Å². The first-order valence-corrected chi connectivity index (χ1v) is 11.5. The van der Waals surface area contributed by atoms with Gasteiger partial charge in [-0.05, 0) is 73.7 Å². The molecule has 5 heteroatoms. The van der Waals surface area contributed by atoms with Gasteiger partial charge in [0.2, 0.25) is 0 Å². The topological polar surface area (TPSA) is 50.4 Å². The Bertz CT molecular complexity index is 1070. The molecule has 0 saturated heterocycles. The molecule has 3 aromatic carbocycles. The van der Waals surface area contributed by atoms with Crippen LogP contribution in [0, 0.1) is 5.82 Å².